The largest absolute Gasteiger partial charge is 0.487 e. The molecule has 3 rings (SSSR count). The van der Waals surface area contributed by atoms with Crippen molar-refractivity contribution in [3.05, 3.63) is 52.2 Å². The van der Waals surface area contributed by atoms with E-state index in [1.165, 1.54) is 31.4 Å². The maximum absolute atomic E-state index is 10.7. The van der Waals surface area contributed by atoms with Gasteiger partial charge < -0.3 is 15.0 Å². The van der Waals surface area contributed by atoms with E-state index in [-0.39, 0.29) is 5.69 Å². The summed E-state index contributed by atoms with van der Waals surface area (Å²) in [4.78, 5) is 17.3. The molecule has 0 spiro atoms. The van der Waals surface area contributed by atoms with E-state index in [4.69, 9.17) is 4.74 Å². The van der Waals surface area contributed by atoms with Gasteiger partial charge in [-0.25, -0.2) is 4.98 Å². The first-order valence-electron chi connectivity index (χ1n) is 9.03. The average molecular weight is 356 g/mol. The monoisotopic (exact) mass is 356 g/mol. The number of hydrogen-bond donors (Lipinski definition) is 1. The zero-order chi connectivity index (χ0) is 18.4. The Morgan fingerprint density at radius 2 is 1.92 bits per heavy atom. The third kappa shape index (κ3) is 4.62. The Bertz CT molecular complexity index is 743. The van der Waals surface area contributed by atoms with Gasteiger partial charge in [0.1, 0.15) is 18.2 Å². The fourth-order valence-electron chi connectivity index (χ4n) is 3.07. The van der Waals surface area contributed by atoms with Crippen LogP contribution in [-0.2, 0) is 6.61 Å². The van der Waals surface area contributed by atoms with Gasteiger partial charge in [-0.05, 0) is 44.4 Å². The molecule has 0 radical (unpaired) electrons. The number of anilines is 2. The molecule has 0 unspecified atom stereocenters. The van der Waals surface area contributed by atoms with E-state index in [1.54, 1.807) is 12.1 Å². The molecular weight excluding hydrogens is 332 g/mol. The maximum atomic E-state index is 10.7. The van der Waals surface area contributed by atoms with E-state index < -0.39 is 4.92 Å². The van der Waals surface area contributed by atoms with Crippen LogP contribution in [0.3, 0.4) is 0 Å². The molecule has 0 atom stereocenters. The highest BCUT2D eigenvalue weighted by Gasteiger charge is 2.14. The maximum Gasteiger partial charge on any atom is 0.269 e. The molecule has 1 saturated heterocycles. The number of benzene rings is 1. The van der Waals surface area contributed by atoms with Gasteiger partial charge in [0.2, 0.25) is 0 Å². The van der Waals surface area contributed by atoms with Crippen molar-refractivity contribution in [1.82, 2.24) is 4.98 Å². The summed E-state index contributed by atoms with van der Waals surface area (Å²) in [5.41, 5.74) is 2.05. The van der Waals surface area contributed by atoms with Gasteiger partial charge in [0.25, 0.3) is 5.69 Å². The first kappa shape index (κ1) is 18.0. The molecule has 1 aromatic heterocycles. The number of nitrogens with one attached hydrogen (secondary N) is 1. The van der Waals surface area contributed by atoms with Crippen molar-refractivity contribution in [3.8, 4) is 5.75 Å². The Hall–Kier alpha value is -2.83. The third-order valence-corrected chi connectivity index (χ3v) is 4.38. The number of ether oxygens (including phenoxy) is 1. The lowest BCUT2D eigenvalue weighted by Gasteiger charge is -2.29. The number of nitrogens with zero attached hydrogens (tertiary/aromatic N) is 3. The highest BCUT2D eigenvalue weighted by Crippen LogP contribution is 2.24. The molecule has 26 heavy (non-hydrogen) atoms. The van der Waals surface area contributed by atoms with Gasteiger partial charge >= 0.3 is 0 Å². The van der Waals surface area contributed by atoms with Crippen molar-refractivity contribution in [2.24, 2.45) is 0 Å². The lowest BCUT2D eigenvalue weighted by molar-refractivity contribution is -0.384. The molecule has 1 aromatic carbocycles. The molecule has 2 heterocycles. The Morgan fingerprint density at radius 3 is 2.58 bits per heavy atom. The number of nitro benzene ring substituents is 1. The predicted molar refractivity (Wildman–Crippen MR) is 102 cm³/mol. The second-order valence-electron chi connectivity index (χ2n) is 6.32. The van der Waals surface area contributed by atoms with Crippen molar-refractivity contribution in [1.29, 1.82) is 0 Å². The van der Waals surface area contributed by atoms with E-state index in [9.17, 15) is 10.1 Å². The number of piperidine rings is 1. The van der Waals surface area contributed by atoms with E-state index >= 15 is 0 Å². The molecule has 0 amide bonds. The Labute approximate surface area is 153 Å². The zero-order valence-electron chi connectivity index (χ0n) is 15.0. The van der Waals surface area contributed by atoms with Crippen LogP contribution in [0.15, 0.2) is 36.4 Å². The first-order chi connectivity index (χ1) is 12.7. The van der Waals surface area contributed by atoms with E-state index in [1.807, 2.05) is 6.92 Å². The van der Waals surface area contributed by atoms with E-state index in [0.29, 0.717) is 12.4 Å². The van der Waals surface area contributed by atoms with Gasteiger partial charge in [-0.15, -0.1) is 0 Å². The number of rotatable bonds is 7. The molecule has 138 valence electrons. The minimum atomic E-state index is -0.421. The third-order valence-electron chi connectivity index (χ3n) is 4.38. The molecule has 1 aliphatic heterocycles. The van der Waals surface area contributed by atoms with Crippen LogP contribution in [0.25, 0.3) is 0 Å². The van der Waals surface area contributed by atoms with Crippen LogP contribution in [0.1, 0.15) is 31.9 Å². The molecule has 7 heteroatoms. The van der Waals surface area contributed by atoms with Crippen LogP contribution >= 0.6 is 0 Å². The summed E-state index contributed by atoms with van der Waals surface area (Å²) in [7, 11) is 0. The number of nitro groups is 1. The molecule has 1 aliphatic rings. The highest BCUT2D eigenvalue weighted by atomic mass is 16.6. The quantitative estimate of drug-likeness (QED) is 0.597. The molecular formula is C19H24N4O3. The van der Waals surface area contributed by atoms with Crippen molar-refractivity contribution in [2.75, 3.05) is 29.9 Å². The fraction of sp³-hybridized carbons (Fsp3) is 0.421. The van der Waals surface area contributed by atoms with Crippen LogP contribution < -0.4 is 15.0 Å². The molecule has 0 aliphatic carbocycles. The Morgan fingerprint density at radius 1 is 1.19 bits per heavy atom. The minimum Gasteiger partial charge on any atom is -0.487 e. The number of hydrogen-bond acceptors (Lipinski definition) is 6. The standard InChI is InChI=1S/C19H24N4O3/c1-2-20-19-13-17(22-10-4-3-5-11-22)12-15(21-19)14-26-18-8-6-16(7-9-18)23(24)25/h6-9,12-13H,2-5,10-11,14H2,1H3,(H,20,21). The molecule has 7 nitrogen and oxygen atoms in total. The van der Waals surface area contributed by atoms with Crippen molar-refractivity contribution < 1.29 is 9.66 Å². The lowest BCUT2D eigenvalue weighted by Crippen LogP contribution is -2.29. The second kappa shape index (κ2) is 8.51. The van der Waals surface area contributed by atoms with Crippen molar-refractivity contribution in [3.63, 3.8) is 0 Å². The van der Waals surface area contributed by atoms with Crippen LogP contribution in [0, 0.1) is 10.1 Å². The van der Waals surface area contributed by atoms with E-state index in [2.05, 4.69) is 27.3 Å². The van der Waals surface area contributed by atoms with Crippen LogP contribution in [0.2, 0.25) is 0 Å². The smallest absolute Gasteiger partial charge is 0.269 e. The summed E-state index contributed by atoms with van der Waals surface area (Å²) in [5.74, 6) is 1.43. The summed E-state index contributed by atoms with van der Waals surface area (Å²) in [5, 5.41) is 14.0. The van der Waals surface area contributed by atoms with Gasteiger partial charge in [0, 0.05) is 43.5 Å². The van der Waals surface area contributed by atoms with Gasteiger partial charge in [-0.1, -0.05) is 0 Å². The van der Waals surface area contributed by atoms with Crippen molar-refractivity contribution in [2.45, 2.75) is 32.8 Å². The van der Waals surface area contributed by atoms with Gasteiger partial charge in [-0.2, -0.15) is 0 Å². The minimum absolute atomic E-state index is 0.0528. The molecule has 1 fully saturated rings. The second-order valence-corrected chi connectivity index (χ2v) is 6.32. The molecule has 0 saturated carbocycles. The summed E-state index contributed by atoms with van der Waals surface area (Å²) < 4.78 is 5.77. The number of pyridine rings is 1. The molecule has 2 aromatic rings. The average Bonchev–Trinajstić information content (AvgIpc) is 2.67. The van der Waals surface area contributed by atoms with Gasteiger partial charge in [0.05, 0.1) is 10.6 Å². The van der Waals surface area contributed by atoms with Crippen LogP contribution in [-0.4, -0.2) is 29.5 Å². The van der Waals surface area contributed by atoms with Gasteiger partial charge in [-0.3, -0.25) is 10.1 Å². The lowest BCUT2D eigenvalue weighted by atomic mass is 10.1. The summed E-state index contributed by atoms with van der Waals surface area (Å²) in [6, 6.07) is 10.3. The fourth-order valence-corrected chi connectivity index (χ4v) is 3.07. The molecule has 1 N–H and O–H groups in total. The van der Waals surface area contributed by atoms with E-state index in [0.717, 1.165) is 36.8 Å². The highest BCUT2D eigenvalue weighted by molar-refractivity contribution is 5.55. The van der Waals surface area contributed by atoms with Gasteiger partial charge in [0.15, 0.2) is 0 Å². The topological polar surface area (TPSA) is 80.5 Å². The Kier molecular flexibility index (Phi) is 5.88. The molecule has 0 bridgehead atoms. The zero-order valence-corrected chi connectivity index (χ0v) is 15.0. The first-order valence-corrected chi connectivity index (χ1v) is 9.03. The SMILES string of the molecule is CCNc1cc(N2CCCCC2)cc(COc2ccc([N+](=O)[O-])cc2)n1. The number of non-ortho nitro benzene ring substituents is 1. The van der Waals surface area contributed by atoms with Crippen molar-refractivity contribution >= 4 is 17.2 Å². The normalized spacial score (nSPS) is 14.1. The summed E-state index contributed by atoms with van der Waals surface area (Å²) in [6.07, 6.45) is 3.72. The van der Waals surface area contributed by atoms with Crippen LogP contribution in [0.4, 0.5) is 17.2 Å². The summed E-state index contributed by atoms with van der Waals surface area (Å²) in [6.45, 7) is 5.30. The summed E-state index contributed by atoms with van der Waals surface area (Å²) >= 11 is 0. The Balaban J connectivity index is 1.73. The predicted octanol–water partition coefficient (Wildman–Crippen LogP) is 3.99. The van der Waals surface area contributed by atoms with Crippen LogP contribution in [0.5, 0.6) is 5.75 Å². The number of aromatic nitrogens is 1.